The molecule has 1 aliphatic rings. The van der Waals surface area contributed by atoms with E-state index in [9.17, 15) is 9.59 Å². The van der Waals surface area contributed by atoms with Crippen molar-refractivity contribution < 1.29 is 14.3 Å². The summed E-state index contributed by atoms with van der Waals surface area (Å²) in [5.41, 5.74) is 5.60. The molecule has 0 aliphatic carbocycles. The Labute approximate surface area is 208 Å². The summed E-state index contributed by atoms with van der Waals surface area (Å²) in [5.74, 6) is 0.652. The predicted molar refractivity (Wildman–Crippen MR) is 138 cm³/mol. The minimum Gasteiger partial charge on any atom is -0.481 e. The van der Waals surface area contributed by atoms with E-state index in [4.69, 9.17) is 4.74 Å². The lowest BCUT2D eigenvalue weighted by Gasteiger charge is -2.38. The monoisotopic (exact) mass is 470 g/mol. The molecule has 5 nitrogen and oxygen atoms in total. The van der Waals surface area contributed by atoms with Gasteiger partial charge in [-0.05, 0) is 54.2 Å². The fourth-order valence-electron chi connectivity index (χ4n) is 4.63. The lowest BCUT2D eigenvalue weighted by molar-refractivity contribution is -0.133. The van der Waals surface area contributed by atoms with Gasteiger partial charge in [0.15, 0.2) is 6.10 Å². The zero-order valence-electron chi connectivity index (χ0n) is 20.8. The molecule has 35 heavy (non-hydrogen) atoms. The highest BCUT2D eigenvalue weighted by atomic mass is 16.5. The molecule has 3 aromatic carbocycles. The van der Waals surface area contributed by atoms with E-state index in [0.717, 1.165) is 23.1 Å². The van der Waals surface area contributed by atoms with Crippen molar-refractivity contribution in [3.05, 3.63) is 101 Å². The van der Waals surface area contributed by atoms with Crippen LogP contribution in [0.4, 0.5) is 0 Å². The van der Waals surface area contributed by atoms with E-state index < -0.39 is 6.10 Å². The molecular formula is C30H34N2O3. The van der Waals surface area contributed by atoms with Crippen molar-refractivity contribution in [1.82, 2.24) is 10.2 Å². The number of nitrogens with one attached hydrogen (secondary N) is 1. The first kappa shape index (κ1) is 24.5. The zero-order chi connectivity index (χ0) is 24.8. The maximum Gasteiger partial charge on any atom is 0.261 e. The van der Waals surface area contributed by atoms with E-state index in [-0.39, 0.29) is 17.9 Å². The molecule has 0 aromatic heterocycles. The summed E-state index contributed by atoms with van der Waals surface area (Å²) in [6.45, 7) is 7.07. The highest BCUT2D eigenvalue weighted by Crippen LogP contribution is 2.37. The Morgan fingerprint density at radius 3 is 2.46 bits per heavy atom. The predicted octanol–water partition coefficient (Wildman–Crippen LogP) is 5.35. The Bertz CT molecular complexity index is 1160. The molecule has 3 aromatic rings. The number of carbonyl (C=O) groups is 2. The van der Waals surface area contributed by atoms with Gasteiger partial charge in [0.2, 0.25) is 5.91 Å². The Kier molecular flexibility index (Phi) is 7.86. The molecule has 0 spiro atoms. The molecule has 0 radical (unpaired) electrons. The van der Waals surface area contributed by atoms with Crippen molar-refractivity contribution in [3.8, 4) is 5.75 Å². The molecule has 0 bridgehead atoms. The van der Waals surface area contributed by atoms with Gasteiger partial charge >= 0.3 is 0 Å². The number of fused-ring (bicyclic) bond motifs is 1. The van der Waals surface area contributed by atoms with Crippen molar-refractivity contribution in [3.63, 3.8) is 0 Å². The molecule has 0 saturated carbocycles. The van der Waals surface area contributed by atoms with Gasteiger partial charge in [0.1, 0.15) is 5.75 Å². The van der Waals surface area contributed by atoms with Gasteiger partial charge in [0.05, 0.1) is 6.04 Å². The summed E-state index contributed by atoms with van der Waals surface area (Å²) in [7, 11) is 0. The Morgan fingerprint density at radius 2 is 1.77 bits per heavy atom. The number of hydrogen-bond donors (Lipinski definition) is 1. The maximum absolute atomic E-state index is 12.9. The number of hydrogen-bond acceptors (Lipinski definition) is 3. The molecule has 0 unspecified atom stereocenters. The van der Waals surface area contributed by atoms with Crippen LogP contribution in [0, 0.1) is 6.92 Å². The van der Waals surface area contributed by atoms with Crippen LogP contribution in [0.3, 0.4) is 0 Å². The number of aryl methyl sites for hydroxylation is 1. The first-order valence-corrected chi connectivity index (χ1v) is 12.5. The normalized spacial score (nSPS) is 15.7. The number of benzene rings is 3. The second kappa shape index (κ2) is 11.2. The van der Waals surface area contributed by atoms with Gasteiger partial charge in [0.25, 0.3) is 5.91 Å². The molecular weight excluding hydrogens is 436 g/mol. The van der Waals surface area contributed by atoms with Crippen LogP contribution in [0.25, 0.3) is 0 Å². The van der Waals surface area contributed by atoms with Crippen molar-refractivity contribution in [2.24, 2.45) is 0 Å². The van der Waals surface area contributed by atoms with Gasteiger partial charge in [0, 0.05) is 19.5 Å². The topological polar surface area (TPSA) is 58.6 Å². The SMILES string of the molecule is CCC(=O)N1CCc2ccc(O[C@H](CC)C(=O)NCc3ccccc3)cc2[C@@H]1c1ccc(C)cc1. The second-order valence-electron chi connectivity index (χ2n) is 9.08. The van der Waals surface area contributed by atoms with Crippen molar-refractivity contribution in [2.45, 2.75) is 58.7 Å². The van der Waals surface area contributed by atoms with Crippen LogP contribution >= 0.6 is 0 Å². The highest BCUT2D eigenvalue weighted by Gasteiger charge is 2.32. The van der Waals surface area contributed by atoms with Crippen LogP contribution in [-0.4, -0.2) is 29.4 Å². The molecule has 182 valence electrons. The van der Waals surface area contributed by atoms with Gasteiger partial charge in [-0.15, -0.1) is 0 Å². The van der Waals surface area contributed by atoms with Gasteiger partial charge < -0.3 is 15.0 Å². The van der Waals surface area contributed by atoms with Crippen LogP contribution in [0.15, 0.2) is 72.8 Å². The van der Waals surface area contributed by atoms with Gasteiger partial charge in [-0.3, -0.25) is 9.59 Å². The summed E-state index contributed by atoms with van der Waals surface area (Å²) < 4.78 is 6.19. The van der Waals surface area contributed by atoms with E-state index in [2.05, 4.69) is 42.6 Å². The summed E-state index contributed by atoms with van der Waals surface area (Å²) >= 11 is 0. The summed E-state index contributed by atoms with van der Waals surface area (Å²) in [5, 5.41) is 2.99. The summed E-state index contributed by atoms with van der Waals surface area (Å²) in [6, 6.07) is 24.1. The molecule has 1 N–H and O–H groups in total. The van der Waals surface area contributed by atoms with Crippen LogP contribution in [0.5, 0.6) is 5.75 Å². The summed E-state index contributed by atoms with van der Waals surface area (Å²) in [4.78, 5) is 27.7. The van der Waals surface area contributed by atoms with Crippen molar-refractivity contribution in [2.75, 3.05) is 6.54 Å². The first-order chi connectivity index (χ1) is 17.0. The molecule has 4 rings (SSSR count). The van der Waals surface area contributed by atoms with Crippen molar-refractivity contribution in [1.29, 1.82) is 0 Å². The van der Waals surface area contributed by atoms with Crippen LogP contribution in [-0.2, 0) is 22.6 Å². The van der Waals surface area contributed by atoms with E-state index in [0.29, 0.717) is 31.7 Å². The largest absolute Gasteiger partial charge is 0.481 e. The second-order valence-corrected chi connectivity index (χ2v) is 9.08. The van der Waals surface area contributed by atoms with E-state index in [1.807, 2.05) is 61.2 Å². The number of nitrogens with zero attached hydrogens (tertiary/aromatic N) is 1. The first-order valence-electron chi connectivity index (χ1n) is 12.5. The molecule has 1 heterocycles. The standard InChI is InChI=1S/C30H34N2O3/c1-4-27(30(34)31-20-22-9-7-6-8-10-22)35-25-16-15-23-17-18-32(28(33)5-2)29(26(23)19-25)24-13-11-21(3)12-14-24/h6-16,19,27,29H,4-5,17-18,20H2,1-3H3,(H,31,34)/t27-,29+/m1/s1. The smallest absolute Gasteiger partial charge is 0.261 e. The minimum absolute atomic E-state index is 0.132. The number of ether oxygens (including phenoxy) is 1. The summed E-state index contributed by atoms with van der Waals surface area (Å²) in [6.07, 6.45) is 1.23. The number of carbonyl (C=O) groups excluding carboxylic acids is 2. The zero-order valence-corrected chi connectivity index (χ0v) is 20.8. The maximum atomic E-state index is 12.9. The van der Waals surface area contributed by atoms with Crippen LogP contribution in [0.2, 0.25) is 0 Å². The van der Waals surface area contributed by atoms with Crippen molar-refractivity contribution >= 4 is 11.8 Å². The van der Waals surface area contributed by atoms with E-state index in [1.54, 1.807) is 0 Å². The Morgan fingerprint density at radius 1 is 1.03 bits per heavy atom. The van der Waals surface area contributed by atoms with E-state index in [1.165, 1.54) is 11.1 Å². The van der Waals surface area contributed by atoms with Crippen LogP contribution < -0.4 is 10.1 Å². The molecule has 5 heteroatoms. The average Bonchev–Trinajstić information content (AvgIpc) is 2.90. The quantitative estimate of drug-likeness (QED) is 0.483. The fraction of sp³-hybridized carbons (Fsp3) is 0.333. The number of amides is 2. The van der Waals surface area contributed by atoms with Gasteiger partial charge in [-0.2, -0.15) is 0 Å². The molecule has 1 aliphatic heterocycles. The molecule has 0 saturated heterocycles. The highest BCUT2D eigenvalue weighted by molar-refractivity contribution is 5.81. The Hall–Kier alpha value is -3.60. The lowest BCUT2D eigenvalue weighted by atomic mass is 9.87. The van der Waals surface area contributed by atoms with E-state index >= 15 is 0 Å². The average molecular weight is 471 g/mol. The molecule has 0 fully saturated rings. The fourth-order valence-corrected chi connectivity index (χ4v) is 4.63. The van der Waals surface area contributed by atoms with Crippen LogP contribution in [0.1, 0.15) is 60.5 Å². The Balaban J connectivity index is 1.58. The third-order valence-corrected chi connectivity index (χ3v) is 6.61. The third-order valence-electron chi connectivity index (χ3n) is 6.61. The minimum atomic E-state index is -0.591. The lowest BCUT2D eigenvalue weighted by Crippen LogP contribution is -2.40. The van der Waals surface area contributed by atoms with Gasteiger partial charge in [-0.25, -0.2) is 0 Å². The number of rotatable bonds is 8. The molecule has 2 atom stereocenters. The van der Waals surface area contributed by atoms with Gasteiger partial charge in [-0.1, -0.05) is 80.1 Å². The molecule has 2 amide bonds. The third kappa shape index (κ3) is 5.73.